The van der Waals surface area contributed by atoms with Gasteiger partial charge in [-0.25, -0.2) is 4.98 Å². The van der Waals surface area contributed by atoms with Crippen molar-refractivity contribution < 1.29 is 4.79 Å². The van der Waals surface area contributed by atoms with Crippen LogP contribution in [0.2, 0.25) is 5.15 Å². The maximum absolute atomic E-state index is 12.2. The summed E-state index contributed by atoms with van der Waals surface area (Å²) in [5.41, 5.74) is 0.319. The van der Waals surface area contributed by atoms with E-state index in [0.29, 0.717) is 11.7 Å². The summed E-state index contributed by atoms with van der Waals surface area (Å²) < 4.78 is 0. The van der Waals surface area contributed by atoms with E-state index in [9.17, 15) is 4.79 Å². The van der Waals surface area contributed by atoms with Crippen LogP contribution in [0.1, 0.15) is 24.3 Å². The van der Waals surface area contributed by atoms with Gasteiger partial charge >= 0.3 is 0 Å². The van der Waals surface area contributed by atoms with Crippen molar-refractivity contribution in [2.24, 2.45) is 0 Å². The lowest BCUT2D eigenvalue weighted by Gasteiger charge is -2.39. The van der Waals surface area contributed by atoms with E-state index in [0.717, 1.165) is 26.2 Å². The molecule has 6 heteroatoms. The zero-order valence-electron chi connectivity index (χ0n) is 10.6. The third-order valence-electron chi connectivity index (χ3n) is 3.28. The Hall–Kier alpha value is -1.20. The predicted octanol–water partition coefficient (Wildman–Crippen LogP) is 1.30. The van der Waals surface area contributed by atoms with Gasteiger partial charge in [0.2, 0.25) is 0 Å². The summed E-state index contributed by atoms with van der Waals surface area (Å²) >= 11 is 5.75. The Bertz CT molecular complexity index is 440. The van der Waals surface area contributed by atoms with Crippen LogP contribution in [0.4, 0.5) is 0 Å². The van der Waals surface area contributed by atoms with Gasteiger partial charge < -0.3 is 4.90 Å². The molecule has 1 unspecified atom stereocenters. The molecule has 18 heavy (non-hydrogen) atoms. The van der Waals surface area contributed by atoms with Crippen molar-refractivity contribution in [1.82, 2.24) is 19.8 Å². The third kappa shape index (κ3) is 2.79. The van der Waals surface area contributed by atoms with Crippen LogP contribution in [0.3, 0.4) is 0 Å². The normalized spacial score (nSPS) is 21.1. The summed E-state index contributed by atoms with van der Waals surface area (Å²) in [7, 11) is 0. The first-order valence-corrected chi connectivity index (χ1v) is 6.50. The number of aromatic nitrogens is 2. The second-order valence-corrected chi connectivity index (χ2v) is 4.84. The Morgan fingerprint density at radius 3 is 2.89 bits per heavy atom. The van der Waals surface area contributed by atoms with Crippen LogP contribution in [0.15, 0.2) is 12.4 Å². The highest BCUT2D eigenvalue weighted by atomic mass is 35.5. The van der Waals surface area contributed by atoms with Gasteiger partial charge in [-0.15, -0.1) is 0 Å². The number of carbonyl (C=O) groups excluding carboxylic acids is 1. The molecule has 0 aromatic carbocycles. The van der Waals surface area contributed by atoms with Crippen molar-refractivity contribution in [3.63, 3.8) is 0 Å². The minimum absolute atomic E-state index is 0.0902. The second-order valence-electron chi connectivity index (χ2n) is 4.46. The maximum atomic E-state index is 12.2. The van der Waals surface area contributed by atoms with Gasteiger partial charge in [-0.05, 0) is 13.5 Å². The van der Waals surface area contributed by atoms with E-state index in [4.69, 9.17) is 11.6 Å². The number of amides is 1. The van der Waals surface area contributed by atoms with Gasteiger partial charge in [0.15, 0.2) is 0 Å². The first-order chi connectivity index (χ1) is 8.61. The van der Waals surface area contributed by atoms with E-state index >= 15 is 0 Å². The van der Waals surface area contributed by atoms with Crippen molar-refractivity contribution in [2.75, 3.05) is 26.2 Å². The van der Waals surface area contributed by atoms with Crippen LogP contribution < -0.4 is 0 Å². The lowest BCUT2D eigenvalue weighted by molar-refractivity contribution is 0.0522. The lowest BCUT2D eigenvalue weighted by atomic mass is 10.2. The molecule has 2 rings (SSSR count). The molecule has 5 nitrogen and oxygen atoms in total. The summed E-state index contributed by atoms with van der Waals surface area (Å²) in [6, 6.07) is 0.375. The third-order valence-corrected chi connectivity index (χ3v) is 3.46. The second kappa shape index (κ2) is 5.63. The molecule has 1 aliphatic rings. The molecule has 1 amide bonds. The fourth-order valence-electron chi connectivity index (χ4n) is 2.26. The smallest absolute Gasteiger partial charge is 0.274 e. The van der Waals surface area contributed by atoms with E-state index in [2.05, 4.69) is 28.7 Å². The first kappa shape index (κ1) is 13.2. The van der Waals surface area contributed by atoms with Crippen molar-refractivity contribution >= 4 is 17.5 Å². The number of likely N-dealkylation sites (N-methyl/N-ethyl adjacent to an activating group) is 1. The highest BCUT2D eigenvalue weighted by Gasteiger charge is 2.27. The van der Waals surface area contributed by atoms with E-state index in [1.165, 1.54) is 12.4 Å². The van der Waals surface area contributed by atoms with Crippen molar-refractivity contribution in [3.05, 3.63) is 23.2 Å². The lowest BCUT2D eigenvalue weighted by Crippen LogP contribution is -2.53. The topological polar surface area (TPSA) is 49.3 Å². The number of nitrogens with zero attached hydrogens (tertiary/aromatic N) is 4. The van der Waals surface area contributed by atoms with Gasteiger partial charge in [-0.1, -0.05) is 18.5 Å². The van der Waals surface area contributed by atoms with Crippen LogP contribution in [0.5, 0.6) is 0 Å². The number of rotatable bonds is 2. The molecule has 2 heterocycles. The average molecular weight is 269 g/mol. The van der Waals surface area contributed by atoms with Crippen LogP contribution in [0.25, 0.3) is 0 Å². The van der Waals surface area contributed by atoms with Gasteiger partial charge in [-0.2, -0.15) is 0 Å². The van der Waals surface area contributed by atoms with Gasteiger partial charge in [0.05, 0.1) is 12.4 Å². The van der Waals surface area contributed by atoms with Crippen molar-refractivity contribution in [3.8, 4) is 0 Å². The molecule has 1 atom stereocenters. The maximum Gasteiger partial charge on any atom is 0.274 e. The van der Waals surface area contributed by atoms with Crippen molar-refractivity contribution in [1.29, 1.82) is 0 Å². The van der Waals surface area contributed by atoms with E-state index < -0.39 is 0 Å². The number of halogens is 1. The molecule has 0 saturated carbocycles. The monoisotopic (exact) mass is 268 g/mol. The summed E-state index contributed by atoms with van der Waals surface area (Å²) in [6.07, 6.45) is 2.89. The Labute approximate surface area is 112 Å². The molecular weight excluding hydrogens is 252 g/mol. The summed E-state index contributed by atoms with van der Waals surface area (Å²) in [5.74, 6) is -0.0902. The molecular formula is C12H17ClN4O. The standard InChI is InChI=1S/C12H17ClN4O/c1-3-16-4-5-17(8-9(16)2)12(18)10-6-14-7-11(13)15-10/h6-7,9H,3-5,8H2,1-2H3. The SMILES string of the molecule is CCN1CCN(C(=O)c2cncc(Cl)n2)CC1C. The molecule has 0 aliphatic carbocycles. The minimum Gasteiger partial charge on any atom is -0.334 e. The van der Waals surface area contributed by atoms with E-state index in [1.54, 1.807) is 0 Å². The fourth-order valence-corrected chi connectivity index (χ4v) is 2.40. The van der Waals surface area contributed by atoms with Crippen LogP contribution >= 0.6 is 11.6 Å². The summed E-state index contributed by atoms with van der Waals surface area (Å²) in [5, 5.41) is 0.251. The average Bonchev–Trinajstić information content (AvgIpc) is 2.37. The molecule has 1 aliphatic heterocycles. The van der Waals surface area contributed by atoms with Crippen LogP contribution in [-0.2, 0) is 0 Å². The van der Waals surface area contributed by atoms with Crippen LogP contribution in [0, 0.1) is 0 Å². The molecule has 98 valence electrons. The highest BCUT2D eigenvalue weighted by molar-refractivity contribution is 6.29. The predicted molar refractivity (Wildman–Crippen MR) is 69.7 cm³/mol. The Balaban J connectivity index is 2.07. The first-order valence-electron chi connectivity index (χ1n) is 6.12. The van der Waals surface area contributed by atoms with Gasteiger partial charge in [0, 0.05) is 25.7 Å². The molecule has 1 aromatic rings. The zero-order valence-corrected chi connectivity index (χ0v) is 11.4. The Morgan fingerprint density at radius 2 is 2.28 bits per heavy atom. The molecule has 1 aromatic heterocycles. The molecule has 0 radical (unpaired) electrons. The number of hydrogen-bond donors (Lipinski definition) is 0. The summed E-state index contributed by atoms with van der Waals surface area (Å²) in [6.45, 7) is 7.63. The Morgan fingerprint density at radius 1 is 1.50 bits per heavy atom. The van der Waals surface area contributed by atoms with Crippen molar-refractivity contribution in [2.45, 2.75) is 19.9 Å². The fraction of sp³-hybridized carbons (Fsp3) is 0.583. The Kier molecular flexibility index (Phi) is 4.14. The molecule has 0 spiro atoms. The number of carbonyl (C=O) groups is 1. The number of hydrogen-bond acceptors (Lipinski definition) is 4. The quantitative estimate of drug-likeness (QED) is 0.811. The minimum atomic E-state index is -0.0902. The highest BCUT2D eigenvalue weighted by Crippen LogP contribution is 2.12. The van der Waals surface area contributed by atoms with E-state index in [1.807, 2.05) is 4.90 Å². The largest absolute Gasteiger partial charge is 0.334 e. The molecule has 1 saturated heterocycles. The number of piperazine rings is 1. The van der Waals surface area contributed by atoms with Gasteiger partial charge in [0.1, 0.15) is 10.8 Å². The zero-order chi connectivity index (χ0) is 13.1. The molecule has 0 N–H and O–H groups in total. The van der Waals surface area contributed by atoms with E-state index in [-0.39, 0.29) is 11.1 Å². The van der Waals surface area contributed by atoms with Gasteiger partial charge in [-0.3, -0.25) is 14.7 Å². The van der Waals surface area contributed by atoms with Crippen LogP contribution in [-0.4, -0.2) is 57.9 Å². The molecule has 0 bridgehead atoms. The summed E-state index contributed by atoms with van der Waals surface area (Å²) in [4.78, 5) is 24.3. The van der Waals surface area contributed by atoms with Gasteiger partial charge in [0.25, 0.3) is 5.91 Å². The molecule has 1 fully saturated rings.